The first-order chi connectivity index (χ1) is 24.8. The number of oxazole rings is 1. The van der Waals surface area contributed by atoms with Crippen molar-refractivity contribution in [3.63, 3.8) is 0 Å². The Labute approximate surface area is 286 Å². The number of rotatable bonds is 5. The van der Waals surface area contributed by atoms with Crippen LogP contribution < -0.4 is 0 Å². The molecule has 0 fully saturated rings. The lowest BCUT2D eigenvalue weighted by atomic mass is 9.94. The Morgan fingerprint density at radius 1 is 0.340 bits per heavy atom. The van der Waals surface area contributed by atoms with Crippen LogP contribution in [0.3, 0.4) is 0 Å². The van der Waals surface area contributed by atoms with E-state index in [4.69, 9.17) is 28.8 Å². The summed E-state index contributed by atoms with van der Waals surface area (Å²) in [5.41, 5.74) is 9.08. The zero-order valence-corrected chi connectivity index (χ0v) is 26.6. The van der Waals surface area contributed by atoms with Crippen molar-refractivity contribution in [2.24, 2.45) is 0 Å². The van der Waals surface area contributed by atoms with Gasteiger partial charge in [-0.3, -0.25) is 0 Å². The molecule has 0 atom stereocenters. The monoisotopic (exact) mass is 642 g/mol. The highest BCUT2D eigenvalue weighted by molar-refractivity contribution is 6.16. The molecule has 6 nitrogen and oxygen atoms in total. The number of furan rings is 1. The molecular weight excluding hydrogens is 617 g/mol. The number of hydrogen-bond acceptors (Lipinski definition) is 6. The Balaban J connectivity index is 1.06. The summed E-state index contributed by atoms with van der Waals surface area (Å²) in [7, 11) is 0. The topological polar surface area (TPSA) is 77.8 Å². The van der Waals surface area contributed by atoms with Gasteiger partial charge < -0.3 is 8.83 Å². The van der Waals surface area contributed by atoms with Crippen LogP contribution in [-0.2, 0) is 0 Å². The molecule has 3 heterocycles. The van der Waals surface area contributed by atoms with Gasteiger partial charge in [0.25, 0.3) is 0 Å². The molecule has 0 N–H and O–H groups in total. The van der Waals surface area contributed by atoms with Crippen molar-refractivity contribution in [3.8, 4) is 56.7 Å². The molecule has 10 aromatic rings. The van der Waals surface area contributed by atoms with Crippen LogP contribution in [0.5, 0.6) is 0 Å². The second kappa shape index (κ2) is 11.4. The van der Waals surface area contributed by atoms with Crippen molar-refractivity contribution in [1.82, 2.24) is 19.9 Å². The molecule has 0 saturated heterocycles. The summed E-state index contributed by atoms with van der Waals surface area (Å²) in [5, 5.41) is 4.14. The summed E-state index contributed by atoms with van der Waals surface area (Å²) in [5.74, 6) is 2.48. The third-order valence-corrected chi connectivity index (χ3v) is 9.20. The number of aromatic nitrogens is 4. The van der Waals surface area contributed by atoms with E-state index >= 15 is 0 Å². The number of hydrogen-bond donors (Lipinski definition) is 0. The standard InChI is InChI=1S/C44H26N4O2/c1-3-11-28(12-4-1)41-46-42(29-13-5-2-6-14-29)48-43(47-41)34-24-23-31(32-15-7-8-16-33(32)34)27-19-21-30(22-20-27)44-45-36-25-26-38-39(40(36)50-44)35-17-9-10-18-37(35)49-38/h1-26H. The first kappa shape index (κ1) is 28.1. The fourth-order valence-corrected chi connectivity index (χ4v) is 6.79. The molecule has 234 valence electrons. The van der Waals surface area contributed by atoms with Gasteiger partial charge in [0.1, 0.15) is 16.7 Å². The molecule has 6 heteroatoms. The molecule has 0 aliphatic heterocycles. The van der Waals surface area contributed by atoms with Crippen LogP contribution in [0.2, 0.25) is 0 Å². The van der Waals surface area contributed by atoms with Crippen molar-refractivity contribution in [3.05, 3.63) is 158 Å². The van der Waals surface area contributed by atoms with Crippen LogP contribution >= 0.6 is 0 Å². The van der Waals surface area contributed by atoms with E-state index in [0.717, 1.165) is 77.2 Å². The van der Waals surface area contributed by atoms with E-state index in [1.165, 1.54) is 0 Å². The Hall–Kier alpha value is -6.92. The maximum absolute atomic E-state index is 6.41. The van der Waals surface area contributed by atoms with Gasteiger partial charge in [0.2, 0.25) is 5.89 Å². The second-order valence-corrected chi connectivity index (χ2v) is 12.2. The highest BCUT2D eigenvalue weighted by Gasteiger charge is 2.18. The summed E-state index contributed by atoms with van der Waals surface area (Å²) >= 11 is 0. The summed E-state index contributed by atoms with van der Waals surface area (Å²) in [6.07, 6.45) is 0. The molecule has 10 rings (SSSR count). The molecule has 0 spiro atoms. The van der Waals surface area contributed by atoms with Crippen LogP contribution in [0.25, 0.3) is 101 Å². The maximum Gasteiger partial charge on any atom is 0.227 e. The summed E-state index contributed by atoms with van der Waals surface area (Å²) < 4.78 is 12.5. The van der Waals surface area contributed by atoms with E-state index in [1.807, 2.05) is 91.0 Å². The Bertz CT molecular complexity index is 2800. The summed E-state index contributed by atoms with van der Waals surface area (Å²) in [4.78, 5) is 19.7. The lowest BCUT2D eigenvalue weighted by molar-refractivity contribution is 0.622. The van der Waals surface area contributed by atoms with Crippen molar-refractivity contribution in [2.45, 2.75) is 0 Å². The SMILES string of the molecule is c1ccc(-c2nc(-c3ccccc3)nc(-c3ccc(-c4ccc(-c5nc6ccc7oc8ccccc8c7c6o5)cc4)c4ccccc34)n2)cc1. The first-order valence-electron chi connectivity index (χ1n) is 16.5. The largest absolute Gasteiger partial charge is 0.456 e. The molecule has 0 amide bonds. The summed E-state index contributed by atoms with van der Waals surface area (Å²) in [6, 6.07) is 53.1. The quantitative estimate of drug-likeness (QED) is 0.186. The van der Waals surface area contributed by atoms with Gasteiger partial charge in [-0.2, -0.15) is 0 Å². The van der Waals surface area contributed by atoms with E-state index in [2.05, 4.69) is 66.7 Å². The van der Waals surface area contributed by atoms with E-state index in [1.54, 1.807) is 0 Å². The van der Waals surface area contributed by atoms with E-state index < -0.39 is 0 Å². The van der Waals surface area contributed by atoms with Crippen molar-refractivity contribution in [1.29, 1.82) is 0 Å². The van der Waals surface area contributed by atoms with Gasteiger partial charge in [-0.05, 0) is 58.3 Å². The minimum absolute atomic E-state index is 0.572. The molecular formula is C44H26N4O2. The number of benzene rings is 7. The maximum atomic E-state index is 6.41. The van der Waals surface area contributed by atoms with Gasteiger partial charge in [-0.25, -0.2) is 19.9 Å². The number of fused-ring (bicyclic) bond motifs is 6. The third kappa shape index (κ3) is 4.65. The van der Waals surface area contributed by atoms with Crippen LogP contribution in [0.1, 0.15) is 0 Å². The van der Waals surface area contributed by atoms with Gasteiger partial charge in [0.15, 0.2) is 23.1 Å². The van der Waals surface area contributed by atoms with Crippen LogP contribution in [0.4, 0.5) is 0 Å². The highest BCUT2D eigenvalue weighted by Crippen LogP contribution is 2.39. The second-order valence-electron chi connectivity index (χ2n) is 12.2. The molecule has 0 saturated carbocycles. The minimum atomic E-state index is 0.572. The van der Waals surface area contributed by atoms with Crippen LogP contribution in [0.15, 0.2) is 167 Å². The Morgan fingerprint density at radius 2 is 0.900 bits per heavy atom. The Kier molecular flexibility index (Phi) is 6.39. The zero-order chi connectivity index (χ0) is 33.0. The van der Waals surface area contributed by atoms with Gasteiger partial charge in [-0.1, -0.05) is 121 Å². The van der Waals surface area contributed by atoms with E-state index in [0.29, 0.717) is 23.4 Å². The molecule has 0 radical (unpaired) electrons. The van der Waals surface area contributed by atoms with Crippen LogP contribution in [0, 0.1) is 0 Å². The fourth-order valence-electron chi connectivity index (χ4n) is 6.79. The predicted molar refractivity (Wildman–Crippen MR) is 199 cm³/mol. The normalized spacial score (nSPS) is 11.6. The fraction of sp³-hybridized carbons (Fsp3) is 0. The molecule has 0 aliphatic carbocycles. The van der Waals surface area contributed by atoms with E-state index in [9.17, 15) is 0 Å². The molecule has 0 aliphatic rings. The lowest BCUT2D eigenvalue weighted by Gasteiger charge is -2.13. The van der Waals surface area contributed by atoms with Crippen LogP contribution in [-0.4, -0.2) is 19.9 Å². The van der Waals surface area contributed by atoms with Gasteiger partial charge in [0, 0.05) is 27.6 Å². The average molecular weight is 643 g/mol. The van der Waals surface area contributed by atoms with Crippen molar-refractivity contribution in [2.75, 3.05) is 0 Å². The lowest BCUT2D eigenvalue weighted by Crippen LogP contribution is -2.00. The molecule has 7 aromatic carbocycles. The average Bonchev–Trinajstić information content (AvgIpc) is 3.80. The number of para-hydroxylation sites is 1. The molecule has 0 unspecified atom stereocenters. The molecule has 50 heavy (non-hydrogen) atoms. The molecule has 0 bridgehead atoms. The van der Waals surface area contributed by atoms with Gasteiger partial charge in [0.05, 0.1) is 5.39 Å². The van der Waals surface area contributed by atoms with Crippen molar-refractivity contribution < 1.29 is 8.83 Å². The van der Waals surface area contributed by atoms with Gasteiger partial charge in [-0.15, -0.1) is 0 Å². The van der Waals surface area contributed by atoms with E-state index in [-0.39, 0.29) is 0 Å². The van der Waals surface area contributed by atoms with Crippen molar-refractivity contribution >= 4 is 43.8 Å². The molecule has 3 aromatic heterocycles. The van der Waals surface area contributed by atoms with Gasteiger partial charge >= 0.3 is 0 Å². The highest BCUT2D eigenvalue weighted by atomic mass is 16.4. The predicted octanol–water partition coefficient (Wildman–Crippen LogP) is 11.4. The Morgan fingerprint density at radius 3 is 1.60 bits per heavy atom. The minimum Gasteiger partial charge on any atom is -0.456 e. The smallest absolute Gasteiger partial charge is 0.227 e. The summed E-state index contributed by atoms with van der Waals surface area (Å²) in [6.45, 7) is 0. The zero-order valence-electron chi connectivity index (χ0n) is 26.6. The third-order valence-electron chi connectivity index (χ3n) is 9.20. The number of nitrogens with zero attached hydrogens (tertiary/aromatic N) is 4. The first-order valence-corrected chi connectivity index (χ1v) is 16.5.